The summed E-state index contributed by atoms with van der Waals surface area (Å²) in [6.45, 7) is 0.823. The second-order valence-corrected chi connectivity index (χ2v) is 5.57. The van der Waals surface area contributed by atoms with E-state index < -0.39 is 16.1 Å². The van der Waals surface area contributed by atoms with Crippen molar-refractivity contribution in [2.24, 2.45) is 0 Å². The Morgan fingerprint density at radius 2 is 1.85 bits per heavy atom. The average molecular weight is 302 g/mol. The monoisotopic (exact) mass is 302 g/mol. The predicted molar refractivity (Wildman–Crippen MR) is 73.2 cm³/mol. The molecular formula is C12H18N2O5S. The van der Waals surface area contributed by atoms with Gasteiger partial charge in [0.05, 0.1) is 12.0 Å². The van der Waals surface area contributed by atoms with E-state index in [1.165, 1.54) is 31.4 Å². The fourth-order valence-corrected chi connectivity index (χ4v) is 2.32. The number of hydrogen-bond donors (Lipinski definition) is 2. The third kappa shape index (κ3) is 5.06. The smallest absolute Gasteiger partial charge is 0.328 e. The van der Waals surface area contributed by atoms with Crippen LogP contribution in [0.15, 0.2) is 29.2 Å². The average Bonchev–Trinajstić information content (AvgIpc) is 2.43. The minimum atomic E-state index is -3.88. The van der Waals surface area contributed by atoms with E-state index >= 15 is 0 Å². The highest BCUT2D eigenvalue weighted by Crippen LogP contribution is 2.15. The SMILES string of the molecule is COCCCNC(=O)NS(=O)(=O)c1ccc(OC)cc1. The maximum atomic E-state index is 11.9. The topological polar surface area (TPSA) is 93.7 Å². The molecule has 0 aliphatic heterocycles. The van der Waals surface area contributed by atoms with Crippen LogP contribution in [0.4, 0.5) is 4.79 Å². The van der Waals surface area contributed by atoms with E-state index in [9.17, 15) is 13.2 Å². The summed E-state index contributed by atoms with van der Waals surface area (Å²) >= 11 is 0. The van der Waals surface area contributed by atoms with Gasteiger partial charge in [0.25, 0.3) is 10.0 Å². The van der Waals surface area contributed by atoms with E-state index in [1.807, 2.05) is 4.72 Å². The molecule has 0 heterocycles. The van der Waals surface area contributed by atoms with E-state index in [4.69, 9.17) is 9.47 Å². The molecule has 0 bridgehead atoms. The van der Waals surface area contributed by atoms with Crippen LogP contribution in [0.25, 0.3) is 0 Å². The molecule has 0 aliphatic carbocycles. The standard InChI is InChI=1S/C12H18N2O5S/c1-18-9-3-8-13-12(15)14-20(16,17)11-6-4-10(19-2)5-7-11/h4-7H,3,8-9H2,1-2H3,(H2,13,14,15). The minimum absolute atomic E-state index is 0.00894. The van der Waals surface area contributed by atoms with E-state index in [0.717, 1.165) is 0 Å². The van der Waals surface area contributed by atoms with Gasteiger partial charge in [0.15, 0.2) is 0 Å². The van der Waals surface area contributed by atoms with Gasteiger partial charge >= 0.3 is 6.03 Å². The van der Waals surface area contributed by atoms with Gasteiger partial charge in [0.2, 0.25) is 0 Å². The quantitative estimate of drug-likeness (QED) is 0.724. The number of carbonyl (C=O) groups is 1. The van der Waals surface area contributed by atoms with Gasteiger partial charge in [-0.25, -0.2) is 17.9 Å². The zero-order chi connectivity index (χ0) is 15.0. The second kappa shape index (κ2) is 7.71. The Kier molecular flexibility index (Phi) is 6.26. The van der Waals surface area contributed by atoms with Crippen LogP contribution in [0.3, 0.4) is 0 Å². The number of ether oxygens (including phenoxy) is 2. The van der Waals surface area contributed by atoms with Crippen LogP contribution in [0.5, 0.6) is 5.75 Å². The van der Waals surface area contributed by atoms with Gasteiger partial charge in [0.1, 0.15) is 5.75 Å². The number of benzene rings is 1. The van der Waals surface area contributed by atoms with Crippen LogP contribution in [0, 0.1) is 0 Å². The summed E-state index contributed by atoms with van der Waals surface area (Å²) in [6.07, 6.45) is 0.604. The molecule has 2 amide bonds. The first kappa shape index (κ1) is 16.3. The van der Waals surface area contributed by atoms with Crippen molar-refractivity contribution in [1.29, 1.82) is 0 Å². The van der Waals surface area contributed by atoms with Crippen LogP contribution in [-0.2, 0) is 14.8 Å². The Balaban J connectivity index is 2.57. The van der Waals surface area contributed by atoms with Crippen molar-refractivity contribution in [3.05, 3.63) is 24.3 Å². The molecule has 1 rings (SSSR count). The van der Waals surface area contributed by atoms with Crippen LogP contribution in [0.2, 0.25) is 0 Å². The summed E-state index contributed by atoms with van der Waals surface area (Å²) in [7, 11) is -0.845. The van der Waals surface area contributed by atoms with Crippen LogP contribution in [0.1, 0.15) is 6.42 Å². The van der Waals surface area contributed by atoms with Gasteiger partial charge in [-0.15, -0.1) is 0 Å². The van der Waals surface area contributed by atoms with Crippen LogP contribution >= 0.6 is 0 Å². The molecule has 7 nitrogen and oxygen atoms in total. The second-order valence-electron chi connectivity index (χ2n) is 3.88. The summed E-state index contributed by atoms with van der Waals surface area (Å²) in [4.78, 5) is 11.4. The van der Waals surface area contributed by atoms with Gasteiger partial charge in [-0.3, -0.25) is 0 Å². The number of urea groups is 1. The molecule has 0 radical (unpaired) electrons. The molecule has 0 aliphatic rings. The Morgan fingerprint density at radius 3 is 2.40 bits per heavy atom. The van der Waals surface area contributed by atoms with E-state index in [1.54, 1.807) is 7.11 Å². The predicted octanol–water partition coefficient (Wildman–Crippen LogP) is 0.720. The maximum Gasteiger partial charge on any atom is 0.328 e. The molecule has 0 saturated carbocycles. The number of methoxy groups -OCH3 is 2. The zero-order valence-electron chi connectivity index (χ0n) is 11.4. The molecule has 2 N–H and O–H groups in total. The Bertz CT molecular complexity index is 527. The van der Waals surface area contributed by atoms with Crippen molar-refractivity contribution >= 4 is 16.1 Å². The molecule has 0 unspecified atom stereocenters. The molecule has 0 saturated heterocycles. The fraction of sp³-hybridized carbons (Fsp3) is 0.417. The van der Waals surface area contributed by atoms with Gasteiger partial charge in [-0.2, -0.15) is 0 Å². The fourth-order valence-electron chi connectivity index (χ4n) is 1.39. The molecule has 1 aromatic carbocycles. The lowest BCUT2D eigenvalue weighted by Gasteiger charge is -2.09. The van der Waals surface area contributed by atoms with Gasteiger partial charge < -0.3 is 14.8 Å². The van der Waals surface area contributed by atoms with Gasteiger partial charge in [-0.05, 0) is 30.7 Å². The van der Waals surface area contributed by atoms with E-state index in [2.05, 4.69) is 5.32 Å². The summed E-state index contributed by atoms with van der Waals surface area (Å²) in [5, 5.41) is 2.43. The highest BCUT2D eigenvalue weighted by Gasteiger charge is 2.17. The highest BCUT2D eigenvalue weighted by atomic mass is 32.2. The van der Waals surface area contributed by atoms with Crippen molar-refractivity contribution < 1.29 is 22.7 Å². The van der Waals surface area contributed by atoms with Crippen molar-refractivity contribution in [2.45, 2.75) is 11.3 Å². The van der Waals surface area contributed by atoms with Crippen molar-refractivity contribution in [2.75, 3.05) is 27.4 Å². The largest absolute Gasteiger partial charge is 0.497 e. The molecule has 8 heteroatoms. The lowest BCUT2D eigenvalue weighted by atomic mass is 10.3. The maximum absolute atomic E-state index is 11.9. The molecule has 0 aromatic heterocycles. The molecule has 20 heavy (non-hydrogen) atoms. The lowest BCUT2D eigenvalue weighted by Crippen LogP contribution is -2.39. The normalized spacial score (nSPS) is 10.9. The Labute approximate surface area is 118 Å². The molecule has 0 atom stereocenters. The number of hydrogen-bond acceptors (Lipinski definition) is 5. The van der Waals surface area contributed by atoms with Gasteiger partial charge in [-0.1, -0.05) is 0 Å². The van der Waals surface area contributed by atoms with E-state index in [-0.39, 0.29) is 4.90 Å². The molecule has 0 spiro atoms. The third-order valence-corrected chi connectivity index (χ3v) is 3.75. The molecular weight excluding hydrogens is 284 g/mol. The Hall–Kier alpha value is -1.80. The molecule has 1 aromatic rings. The lowest BCUT2D eigenvalue weighted by molar-refractivity contribution is 0.194. The van der Waals surface area contributed by atoms with Gasteiger partial charge in [0, 0.05) is 20.3 Å². The first-order valence-electron chi connectivity index (χ1n) is 5.93. The summed E-state index contributed by atoms with van der Waals surface area (Å²) in [5.74, 6) is 0.535. The highest BCUT2D eigenvalue weighted by molar-refractivity contribution is 7.90. The zero-order valence-corrected chi connectivity index (χ0v) is 12.2. The third-order valence-electron chi connectivity index (χ3n) is 2.41. The minimum Gasteiger partial charge on any atom is -0.497 e. The summed E-state index contributed by atoms with van der Waals surface area (Å²) in [6, 6.07) is 4.96. The first-order valence-corrected chi connectivity index (χ1v) is 7.41. The number of nitrogens with one attached hydrogen (secondary N) is 2. The van der Waals surface area contributed by atoms with Crippen LogP contribution in [-0.4, -0.2) is 41.8 Å². The summed E-state index contributed by atoms with van der Waals surface area (Å²) in [5.41, 5.74) is 0. The molecule has 0 fully saturated rings. The van der Waals surface area contributed by atoms with Crippen molar-refractivity contribution in [3.8, 4) is 5.75 Å². The van der Waals surface area contributed by atoms with Crippen molar-refractivity contribution in [3.63, 3.8) is 0 Å². The van der Waals surface area contributed by atoms with Crippen LogP contribution < -0.4 is 14.8 Å². The number of amides is 2. The number of rotatable bonds is 7. The first-order chi connectivity index (χ1) is 9.49. The Morgan fingerprint density at radius 1 is 1.20 bits per heavy atom. The number of sulfonamides is 1. The summed E-state index contributed by atoms with van der Waals surface area (Å²) < 4.78 is 35.5. The molecule has 112 valence electrons. The number of carbonyl (C=O) groups excluding carboxylic acids is 1. The van der Waals surface area contributed by atoms with Crippen molar-refractivity contribution in [1.82, 2.24) is 10.0 Å². The van der Waals surface area contributed by atoms with E-state index in [0.29, 0.717) is 25.3 Å².